The summed E-state index contributed by atoms with van der Waals surface area (Å²) in [5, 5.41) is 17.7. The first-order chi connectivity index (χ1) is 12.4. The average Bonchev–Trinajstić information content (AvgIpc) is 3.12. The molecule has 1 atom stereocenters. The van der Waals surface area contributed by atoms with Crippen LogP contribution in [0.4, 0.5) is 17.5 Å². The van der Waals surface area contributed by atoms with Crippen LogP contribution in [0, 0.1) is 0 Å². The Hall–Kier alpha value is -1.37. The van der Waals surface area contributed by atoms with Gasteiger partial charge in [-0.3, -0.25) is 0 Å². The Balaban J connectivity index is 1.81. The molecule has 0 spiro atoms. The second-order valence-corrected chi connectivity index (χ2v) is 8.22. The van der Waals surface area contributed by atoms with Crippen LogP contribution in [0.1, 0.15) is 51.5 Å². The van der Waals surface area contributed by atoms with E-state index in [1.807, 2.05) is 25.1 Å². The predicted molar refractivity (Wildman–Crippen MR) is 110 cm³/mol. The van der Waals surface area contributed by atoms with Gasteiger partial charge in [-0.05, 0) is 49.9 Å². The fraction of sp³-hybridized carbons (Fsp3) is 0.474. The highest BCUT2D eigenvalue weighted by atomic mass is 79.9. The van der Waals surface area contributed by atoms with Crippen molar-refractivity contribution >= 4 is 45.0 Å². The molecule has 1 heterocycles. The fourth-order valence-electron chi connectivity index (χ4n) is 3.13. The van der Waals surface area contributed by atoms with Gasteiger partial charge in [0.05, 0.1) is 11.8 Å². The zero-order valence-electron chi connectivity index (χ0n) is 15.0. The van der Waals surface area contributed by atoms with E-state index >= 15 is 0 Å². The molecule has 5 nitrogen and oxygen atoms in total. The summed E-state index contributed by atoms with van der Waals surface area (Å²) in [7, 11) is 0. The molecule has 1 unspecified atom stereocenters. The maximum absolute atomic E-state index is 10.6. The van der Waals surface area contributed by atoms with Crippen molar-refractivity contribution < 1.29 is 5.11 Å². The van der Waals surface area contributed by atoms with Crippen LogP contribution in [-0.2, 0) is 5.60 Å². The Morgan fingerprint density at radius 3 is 2.77 bits per heavy atom. The van der Waals surface area contributed by atoms with Gasteiger partial charge < -0.3 is 15.7 Å². The van der Waals surface area contributed by atoms with E-state index in [0.29, 0.717) is 29.3 Å². The summed E-state index contributed by atoms with van der Waals surface area (Å²) in [6.07, 6.45) is 6.99. The predicted octanol–water partition coefficient (Wildman–Crippen LogP) is 5.61. The topological polar surface area (TPSA) is 70.1 Å². The summed E-state index contributed by atoms with van der Waals surface area (Å²) in [6.45, 7) is 3.76. The number of hydrogen-bond donors (Lipinski definition) is 3. The van der Waals surface area contributed by atoms with Crippen molar-refractivity contribution in [1.82, 2.24) is 9.97 Å². The van der Waals surface area contributed by atoms with Gasteiger partial charge in [0, 0.05) is 16.2 Å². The molecule has 0 bridgehead atoms. The van der Waals surface area contributed by atoms with Gasteiger partial charge in [-0.15, -0.1) is 0 Å². The van der Waals surface area contributed by atoms with Crippen molar-refractivity contribution in [2.45, 2.75) is 57.6 Å². The minimum absolute atomic E-state index is 0.425. The Labute approximate surface area is 167 Å². The summed E-state index contributed by atoms with van der Waals surface area (Å²) < 4.78 is 0.871. The standard InChI is InChI=1S/C19H24BrClN4O/c1-3-19(2,26)14-10-13(8-9-15(14)20)24-18-22-11-16(21)17(25-18)23-12-6-4-5-7-12/h8-12,26H,3-7H2,1-2H3,(H2,22,23,24,25). The van der Waals surface area contributed by atoms with Crippen LogP contribution in [0.2, 0.25) is 5.02 Å². The molecule has 2 aromatic rings. The van der Waals surface area contributed by atoms with Crippen LogP contribution >= 0.6 is 27.5 Å². The van der Waals surface area contributed by atoms with Gasteiger partial charge in [0.2, 0.25) is 5.95 Å². The minimum atomic E-state index is -0.910. The number of rotatable bonds is 6. The third kappa shape index (κ3) is 4.48. The molecule has 1 aliphatic rings. The van der Waals surface area contributed by atoms with E-state index in [4.69, 9.17) is 11.6 Å². The lowest BCUT2D eigenvalue weighted by atomic mass is 9.93. The highest BCUT2D eigenvalue weighted by molar-refractivity contribution is 9.10. The zero-order valence-corrected chi connectivity index (χ0v) is 17.4. The average molecular weight is 440 g/mol. The molecular formula is C19H24BrClN4O. The number of nitrogens with zero attached hydrogens (tertiary/aromatic N) is 2. The van der Waals surface area contributed by atoms with Crippen molar-refractivity contribution in [3.8, 4) is 0 Å². The number of anilines is 3. The number of hydrogen-bond acceptors (Lipinski definition) is 5. The van der Waals surface area contributed by atoms with Gasteiger partial charge in [0.25, 0.3) is 0 Å². The summed E-state index contributed by atoms with van der Waals surface area (Å²) in [5.74, 6) is 1.13. The molecule has 1 aromatic carbocycles. The van der Waals surface area contributed by atoms with Crippen molar-refractivity contribution in [3.05, 3.63) is 39.5 Å². The van der Waals surface area contributed by atoms with E-state index in [1.165, 1.54) is 12.8 Å². The maximum atomic E-state index is 10.6. The molecule has 1 aliphatic carbocycles. The third-order valence-corrected chi connectivity index (χ3v) is 5.90. The lowest BCUT2D eigenvalue weighted by Gasteiger charge is -2.24. The van der Waals surface area contributed by atoms with E-state index in [-0.39, 0.29) is 0 Å². The second kappa shape index (κ2) is 8.11. The molecule has 0 saturated heterocycles. The van der Waals surface area contributed by atoms with Crippen molar-refractivity contribution in [2.75, 3.05) is 10.6 Å². The second-order valence-electron chi connectivity index (χ2n) is 6.96. The van der Waals surface area contributed by atoms with Gasteiger partial charge in [-0.25, -0.2) is 4.98 Å². The monoisotopic (exact) mass is 438 g/mol. The van der Waals surface area contributed by atoms with Gasteiger partial charge >= 0.3 is 0 Å². The third-order valence-electron chi connectivity index (χ3n) is 4.93. The van der Waals surface area contributed by atoms with Crippen LogP contribution in [0.15, 0.2) is 28.9 Å². The quantitative estimate of drug-likeness (QED) is 0.546. The molecule has 1 fully saturated rings. The lowest BCUT2D eigenvalue weighted by molar-refractivity contribution is 0.0524. The molecule has 3 N–H and O–H groups in total. The highest BCUT2D eigenvalue weighted by Gasteiger charge is 2.24. The van der Waals surface area contributed by atoms with Crippen LogP contribution in [-0.4, -0.2) is 21.1 Å². The Kier molecular flexibility index (Phi) is 6.05. The molecule has 0 radical (unpaired) electrons. The molecular weight excluding hydrogens is 416 g/mol. The first-order valence-electron chi connectivity index (χ1n) is 8.97. The van der Waals surface area contributed by atoms with E-state index in [1.54, 1.807) is 13.1 Å². The minimum Gasteiger partial charge on any atom is -0.385 e. The number of aliphatic hydroxyl groups is 1. The summed E-state index contributed by atoms with van der Waals surface area (Å²) in [6, 6.07) is 6.17. The Morgan fingerprint density at radius 2 is 2.08 bits per heavy atom. The fourth-order valence-corrected chi connectivity index (χ4v) is 3.95. The molecule has 0 aliphatic heterocycles. The highest BCUT2D eigenvalue weighted by Crippen LogP contribution is 2.34. The molecule has 1 saturated carbocycles. The van der Waals surface area contributed by atoms with Gasteiger partial charge in [0.1, 0.15) is 5.02 Å². The maximum Gasteiger partial charge on any atom is 0.229 e. The summed E-state index contributed by atoms with van der Waals surface area (Å²) in [4.78, 5) is 8.80. The number of aromatic nitrogens is 2. The van der Waals surface area contributed by atoms with E-state index in [2.05, 4.69) is 36.5 Å². The van der Waals surface area contributed by atoms with Gasteiger partial charge in [-0.2, -0.15) is 4.98 Å². The number of halogens is 2. The first-order valence-corrected chi connectivity index (χ1v) is 10.1. The number of nitrogens with one attached hydrogen (secondary N) is 2. The molecule has 3 rings (SSSR count). The van der Waals surface area contributed by atoms with Crippen LogP contribution in [0.25, 0.3) is 0 Å². The van der Waals surface area contributed by atoms with Crippen LogP contribution in [0.3, 0.4) is 0 Å². The van der Waals surface area contributed by atoms with E-state index < -0.39 is 5.60 Å². The molecule has 7 heteroatoms. The van der Waals surface area contributed by atoms with Crippen LogP contribution in [0.5, 0.6) is 0 Å². The Morgan fingerprint density at radius 1 is 1.35 bits per heavy atom. The van der Waals surface area contributed by atoms with Crippen molar-refractivity contribution in [1.29, 1.82) is 0 Å². The molecule has 140 valence electrons. The molecule has 0 amide bonds. The largest absolute Gasteiger partial charge is 0.385 e. The summed E-state index contributed by atoms with van der Waals surface area (Å²) >= 11 is 9.76. The zero-order chi connectivity index (χ0) is 18.7. The van der Waals surface area contributed by atoms with Crippen molar-refractivity contribution in [3.63, 3.8) is 0 Å². The van der Waals surface area contributed by atoms with E-state index in [0.717, 1.165) is 28.6 Å². The van der Waals surface area contributed by atoms with E-state index in [9.17, 15) is 5.11 Å². The molecule has 26 heavy (non-hydrogen) atoms. The normalized spacial score (nSPS) is 17.1. The Bertz CT molecular complexity index is 778. The SMILES string of the molecule is CCC(C)(O)c1cc(Nc2ncc(Cl)c(NC3CCCC3)n2)ccc1Br. The van der Waals surface area contributed by atoms with Gasteiger partial charge in [0.15, 0.2) is 5.82 Å². The molecule has 1 aromatic heterocycles. The lowest BCUT2D eigenvalue weighted by Crippen LogP contribution is -2.20. The summed E-state index contributed by atoms with van der Waals surface area (Å²) in [5.41, 5.74) is 0.723. The van der Waals surface area contributed by atoms with Gasteiger partial charge in [-0.1, -0.05) is 47.3 Å². The van der Waals surface area contributed by atoms with Crippen molar-refractivity contribution in [2.24, 2.45) is 0 Å². The van der Waals surface area contributed by atoms with Crippen LogP contribution < -0.4 is 10.6 Å². The number of benzene rings is 1. The first kappa shape index (κ1) is 19.4. The smallest absolute Gasteiger partial charge is 0.229 e.